The average molecular weight is 157 g/mol. The Morgan fingerprint density at radius 1 is 1.55 bits per heavy atom. The normalized spacial score (nSPS) is 24.7. The first kappa shape index (κ1) is 8.04. The summed E-state index contributed by atoms with van der Waals surface area (Å²) in [7, 11) is 0. The Balaban J connectivity index is 2.58. The van der Waals surface area contributed by atoms with Crippen LogP contribution in [0.2, 0.25) is 0 Å². The van der Waals surface area contributed by atoms with Gasteiger partial charge in [-0.05, 0) is 19.3 Å². The number of piperidine rings is 1. The van der Waals surface area contributed by atoms with Crippen LogP contribution in [0, 0.1) is 0 Å². The summed E-state index contributed by atoms with van der Waals surface area (Å²) in [6.07, 6.45) is 2.23. The molecule has 0 radical (unpaired) electrons. The van der Waals surface area contributed by atoms with Crippen molar-refractivity contribution in [1.82, 2.24) is 4.90 Å². The molecule has 1 saturated heterocycles. The second-order valence-corrected chi connectivity index (χ2v) is 2.68. The topological polar surface area (TPSA) is 57.6 Å². The Hall–Kier alpha value is -1.06. The van der Waals surface area contributed by atoms with Gasteiger partial charge in [0.25, 0.3) is 0 Å². The molecule has 0 aromatic carbocycles. The summed E-state index contributed by atoms with van der Waals surface area (Å²) in [6.45, 7) is 0.499. The lowest BCUT2D eigenvalue weighted by Crippen LogP contribution is -2.43. The highest BCUT2D eigenvalue weighted by molar-refractivity contribution is 5.71. The Bertz CT molecular complexity index is 169. The number of carboxylic acid groups (broad SMARTS) is 1. The van der Waals surface area contributed by atoms with E-state index in [-0.39, 0.29) is 0 Å². The predicted molar refractivity (Wildman–Crippen MR) is 38.4 cm³/mol. The Labute approximate surface area is 64.8 Å². The minimum atomic E-state index is -0.984. The van der Waals surface area contributed by atoms with Crippen LogP contribution in [0.3, 0.4) is 0 Å². The number of nitrogens with zero attached hydrogens (tertiary/aromatic N) is 1. The van der Waals surface area contributed by atoms with E-state index in [4.69, 9.17) is 5.11 Å². The van der Waals surface area contributed by atoms with Crippen LogP contribution in [-0.2, 0) is 4.79 Å². The second kappa shape index (κ2) is 3.37. The molecule has 62 valence electrons. The van der Waals surface area contributed by atoms with Crippen molar-refractivity contribution in [3.8, 4) is 0 Å². The van der Waals surface area contributed by atoms with Crippen molar-refractivity contribution in [2.45, 2.75) is 25.3 Å². The molecule has 1 heterocycles. The fourth-order valence-corrected chi connectivity index (χ4v) is 1.34. The smallest absolute Gasteiger partial charge is 0.407 e. The molecular formula is C7H11NO3. The summed E-state index contributed by atoms with van der Waals surface area (Å²) < 4.78 is 0. The van der Waals surface area contributed by atoms with Gasteiger partial charge in [0, 0.05) is 6.54 Å². The Kier molecular flexibility index (Phi) is 2.46. The van der Waals surface area contributed by atoms with E-state index in [9.17, 15) is 9.59 Å². The molecule has 0 saturated carbocycles. The van der Waals surface area contributed by atoms with E-state index in [0.29, 0.717) is 19.3 Å². The molecule has 1 fully saturated rings. The van der Waals surface area contributed by atoms with E-state index in [1.807, 2.05) is 0 Å². The van der Waals surface area contributed by atoms with Crippen molar-refractivity contribution in [2.75, 3.05) is 6.54 Å². The van der Waals surface area contributed by atoms with Gasteiger partial charge in [0.1, 0.15) is 6.29 Å². The molecule has 0 spiro atoms. The van der Waals surface area contributed by atoms with Crippen LogP contribution in [0.1, 0.15) is 19.3 Å². The van der Waals surface area contributed by atoms with Gasteiger partial charge in [0.05, 0.1) is 6.04 Å². The maximum atomic E-state index is 10.5. The van der Waals surface area contributed by atoms with Crippen LogP contribution in [0.15, 0.2) is 0 Å². The SMILES string of the molecule is O=C[C@@H]1CCCCN1C(=O)O. The van der Waals surface area contributed by atoms with E-state index in [2.05, 4.69) is 0 Å². The van der Waals surface area contributed by atoms with Crippen molar-refractivity contribution < 1.29 is 14.7 Å². The van der Waals surface area contributed by atoms with Crippen molar-refractivity contribution in [3.63, 3.8) is 0 Å². The summed E-state index contributed by atoms with van der Waals surface area (Å²) in [5.41, 5.74) is 0. The van der Waals surface area contributed by atoms with Crippen LogP contribution in [0.4, 0.5) is 4.79 Å². The second-order valence-electron chi connectivity index (χ2n) is 2.68. The van der Waals surface area contributed by atoms with E-state index >= 15 is 0 Å². The molecule has 4 heteroatoms. The first-order valence-corrected chi connectivity index (χ1v) is 3.70. The summed E-state index contributed by atoms with van der Waals surface area (Å²) in [5, 5.41) is 8.61. The number of hydrogen-bond acceptors (Lipinski definition) is 2. The van der Waals surface area contributed by atoms with E-state index in [1.54, 1.807) is 0 Å². The molecule has 0 bridgehead atoms. The lowest BCUT2D eigenvalue weighted by atomic mass is 10.0. The molecule has 0 aromatic heterocycles. The van der Waals surface area contributed by atoms with E-state index in [0.717, 1.165) is 12.8 Å². The highest BCUT2D eigenvalue weighted by Gasteiger charge is 2.25. The Morgan fingerprint density at radius 3 is 2.73 bits per heavy atom. The molecule has 1 aliphatic rings. The van der Waals surface area contributed by atoms with E-state index in [1.165, 1.54) is 4.90 Å². The summed E-state index contributed by atoms with van der Waals surface area (Å²) in [5.74, 6) is 0. The van der Waals surface area contributed by atoms with Gasteiger partial charge >= 0.3 is 6.09 Å². The first-order valence-electron chi connectivity index (χ1n) is 3.70. The molecule has 4 nitrogen and oxygen atoms in total. The third-order valence-electron chi connectivity index (χ3n) is 1.95. The maximum Gasteiger partial charge on any atom is 0.407 e. The monoisotopic (exact) mass is 157 g/mol. The summed E-state index contributed by atoms with van der Waals surface area (Å²) >= 11 is 0. The zero-order chi connectivity index (χ0) is 8.27. The number of aldehydes is 1. The highest BCUT2D eigenvalue weighted by atomic mass is 16.4. The zero-order valence-corrected chi connectivity index (χ0v) is 6.19. The minimum absolute atomic E-state index is 0.402. The third-order valence-corrected chi connectivity index (χ3v) is 1.95. The number of hydrogen-bond donors (Lipinski definition) is 1. The lowest BCUT2D eigenvalue weighted by molar-refractivity contribution is -0.112. The fraction of sp³-hybridized carbons (Fsp3) is 0.714. The van der Waals surface area contributed by atoms with Crippen molar-refractivity contribution >= 4 is 12.4 Å². The summed E-state index contributed by atoms with van der Waals surface area (Å²) in [6, 6.07) is -0.402. The van der Waals surface area contributed by atoms with Crippen LogP contribution >= 0.6 is 0 Å². The molecule has 0 aliphatic carbocycles. The minimum Gasteiger partial charge on any atom is -0.465 e. The maximum absolute atomic E-state index is 10.5. The quantitative estimate of drug-likeness (QED) is 0.570. The lowest BCUT2D eigenvalue weighted by Gasteiger charge is -2.29. The fourth-order valence-electron chi connectivity index (χ4n) is 1.34. The molecule has 11 heavy (non-hydrogen) atoms. The van der Waals surface area contributed by atoms with Gasteiger partial charge in [-0.1, -0.05) is 0 Å². The van der Waals surface area contributed by atoms with Gasteiger partial charge in [-0.2, -0.15) is 0 Å². The largest absolute Gasteiger partial charge is 0.465 e. The molecule has 1 amide bonds. The number of carbonyl (C=O) groups is 2. The Morgan fingerprint density at radius 2 is 2.27 bits per heavy atom. The van der Waals surface area contributed by atoms with Crippen LogP contribution < -0.4 is 0 Å². The molecule has 1 aliphatic heterocycles. The molecule has 0 unspecified atom stereocenters. The van der Waals surface area contributed by atoms with Gasteiger partial charge in [-0.3, -0.25) is 4.90 Å². The van der Waals surface area contributed by atoms with Crippen molar-refractivity contribution in [2.24, 2.45) is 0 Å². The van der Waals surface area contributed by atoms with Gasteiger partial charge in [-0.25, -0.2) is 4.79 Å². The number of likely N-dealkylation sites (tertiary alicyclic amines) is 1. The number of rotatable bonds is 1. The van der Waals surface area contributed by atoms with Crippen LogP contribution in [0.25, 0.3) is 0 Å². The standard InChI is InChI=1S/C7H11NO3/c9-5-6-3-1-2-4-8(6)7(10)11/h5-6H,1-4H2,(H,10,11)/t6-/m0/s1. The van der Waals surface area contributed by atoms with Gasteiger partial charge < -0.3 is 9.90 Å². The van der Waals surface area contributed by atoms with Crippen LogP contribution in [-0.4, -0.2) is 35.0 Å². The molecular weight excluding hydrogens is 146 g/mol. The van der Waals surface area contributed by atoms with Gasteiger partial charge in [-0.15, -0.1) is 0 Å². The van der Waals surface area contributed by atoms with Crippen molar-refractivity contribution in [1.29, 1.82) is 0 Å². The zero-order valence-electron chi connectivity index (χ0n) is 6.19. The number of amides is 1. The van der Waals surface area contributed by atoms with Crippen molar-refractivity contribution in [3.05, 3.63) is 0 Å². The molecule has 1 atom stereocenters. The predicted octanol–water partition coefficient (Wildman–Crippen LogP) is 0.718. The van der Waals surface area contributed by atoms with Gasteiger partial charge in [0.2, 0.25) is 0 Å². The van der Waals surface area contributed by atoms with E-state index < -0.39 is 12.1 Å². The first-order chi connectivity index (χ1) is 5.25. The third kappa shape index (κ3) is 1.69. The van der Waals surface area contributed by atoms with Crippen LogP contribution in [0.5, 0.6) is 0 Å². The highest BCUT2D eigenvalue weighted by Crippen LogP contribution is 2.14. The average Bonchev–Trinajstić information content (AvgIpc) is 2.04. The molecule has 0 aromatic rings. The molecule has 1 N–H and O–H groups in total. The molecule has 1 rings (SSSR count). The summed E-state index contributed by atoms with van der Waals surface area (Å²) in [4.78, 5) is 22.1. The van der Waals surface area contributed by atoms with Gasteiger partial charge in [0.15, 0.2) is 0 Å². The number of carbonyl (C=O) groups excluding carboxylic acids is 1.